The molecule has 0 N–H and O–H groups in total. The molecule has 24 aromatic rings. The lowest BCUT2D eigenvalue weighted by Crippen LogP contribution is -2.06. The first kappa shape index (κ1) is 69.1. The molecule has 0 spiro atoms. The molecule has 12 aromatic heterocycles. The maximum absolute atomic E-state index is 6.37. The number of furan rings is 4. The van der Waals surface area contributed by atoms with Crippen molar-refractivity contribution in [3.05, 3.63) is 287 Å². The Morgan fingerprint density at radius 2 is 0.500 bits per heavy atom. The maximum Gasteiger partial charge on any atom is 0.238 e. The van der Waals surface area contributed by atoms with Crippen LogP contribution in [0.1, 0.15) is 68.8 Å². The summed E-state index contributed by atoms with van der Waals surface area (Å²) in [5, 5.41) is 18.0. The number of aryl methyl sites for hydroxylation is 12. The second-order valence-electron chi connectivity index (χ2n) is 30.0. The van der Waals surface area contributed by atoms with Crippen LogP contribution in [-0.4, -0.2) is 78.1 Å². The van der Waals surface area contributed by atoms with Gasteiger partial charge in [-0.2, -0.15) is 39.9 Å². The Kier molecular flexibility index (Phi) is 15.7. The number of aromatic nitrogens is 16. The molecule has 0 radical (unpaired) electrons. The van der Waals surface area contributed by atoms with Crippen molar-refractivity contribution in [3.8, 4) is 23.8 Å². The minimum atomic E-state index is 0.617. The van der Waals surface area contributed by atoms with E-state index >= 15 is 0 Å². The minimum absolute atomic E-state index is 0.617. The highest BCUT2D eigenvalue weighted by molar-refractivity contribution is 6.26. The van der Waals surface area contributed by atoms with Crippen molar-refractivity contribution in [3.63, 3.8) is 0 Å². The molecular formula is C96H72N16O4. The SMILES string of the molecule is Cc1ccc2c(c1)c1ccc3c4ccccc4oc3c1n2-c1nc(C)nc(C)n1.Cc1ccc2c3ccc4c5ccccc5oc4c3n(-c3nc(C)nc(C)n3)c2c1.Cc1nc(C)nc(-n2c3c(C)cccc3c3ccc4c5ccccc5oc4c32)n1.Cc1nc(C)nc(-n2c3cccc(C)c3c3ccc4c5ccccc5oc4c32)n1. The predicted octanol–water partition coefficient (Wildman–Crippen LogP) is 23.2. The third-order valence-corrected chi connectivity index (χ3v) is 22.0. The second-order valence-corrected chi connectivity index (χ2v) is 30.0. The molecule has 24 rings (SSSR count). The summed E-state index contributed by atoms with van der Waals surface area (Å²) in [6.45, 7) is 23.6. The van der Waals surface area contributed by atoms with Crippen molar-refractivity contribution in [2.75, 3.05) is 0 Å². The fourth-order valence-electron chi connectivity index (χ4n) is 17.4. The fourth-order valence-corrected chi connectivity index (χ4v) is 17.4. The van der Waals surface area contributed by atoms with Gasteiger partial charge in [0.05, 0.1) is 22.1 Å². The molecule has 12 heterocycles. The van der Waals surface area contributed by atoms with Gasteiger partial charge in [0.25, 0.3) is 0 Å². The average Bonchev–Trinajstić information content (AvgIpc) is 1.58. The first-order chi connectivity index (χ1) is 56.4. The first-order valence-electron chi connectivity index (χ1n) is 38.6. The molecule has 0 aliphatic rings. The van der Waals surface area contributed by atoms with Gasteiger partial charge in [-0.3, -0.25) is 18.3 Å². The van der Waals surface area contributed by atoms with E-state index in [1.54, 1.807) is 0 Å². The summed E-state index contributed by atoms with van der Waals surface area (Å²) in [5.74, 6) is 8.09. The quantitative estimate of drug-likeness (QED) is 0.160. The van der Waals surface area contributed by atoms with E-state index in [0.717, 1.165) is 170 Å². The number of fused-ring (bicyclic) bond motifs is 28. The van der Waals surface area contributed by atoms with Gasteiger partial charge in [-0.1, -0.05) is 151 Å². The van der Waals surface area contributed by atoms with E-state index in [1.165, 1.54) is 27.6 Å². The number of hydrogen-bond donors (Lipinski definition) is 0. The van der Waals surface area contributed by atoms with Crippen LogP contribution in [0.15, 0.2) is 236 Å². The molecule has 0 saturated carbocycles. The lowest BCUT2D eigenvalue weighted by molar-refractivity contribution is 0.670. The van der Waals surface area contributed by atoms with E-state index in [9.17, 15) is 0 Å². The highest BCUT2D eigenvalue weighted by Crippen LogP contribution is 2.46. The van der Waals surface area contributed by atoms with E-state index in [4.69, 9.17) is 17.7 Å². The molecule has 0 bridgehead atoms. The fraction of sp³-hybridized carbons (Fsp3) is 0.125. The smallest absolute Gasteiger partial charge is 0.238 e. The van der Waals surface area contributed by atoms with E-state index in [0.29, 0.717) is 70.4 Å². The second kappa shape index (κ2) is 26.4. The van der Waals surface area contributed by atoms with Crippen LogP contribution in [-0.2, 0) is 0 Å². The molecule has 0 unspecified atom stereocenters. The third kappa shape index (κ3) is 10.9. The molecule has 0 aliphatic heterocycles. The summed E-state index contributed by atoms with van der Waals surface area (Å²) in [6, 6.07) is 75.6. The van der Waals surface area contributed by atoms with E-state index < -0.39 is 0 Å². The van der Waals surface area contributed by atoms with E-state index in [-0.39, 0.29) is 0 Å². The lowest BCUT2D eigenvalue weighted by Gasteiger charge is -2.09. The highest BCUT2D eigenvalue weighted by atomic mass is 16.3. The largest absolute Gasteiger partial charge is 0.454 e. The molecule has 116 heavy (non-hydrogen) atoms. The lowest BCUT2D eigenvalue weighted by atomic mass is 10.1. The Morgan fingerprint density at radius 1 is 0.198 bits per heavy atom. The van der Waals surface area contributed by atoms with Crippen molar-refractivity contribution >= 4 is 175 Å². The summed E-state index contributed by atoms with van der Waals surface area (Å²) in [5.41, 5.74) is 20.0. The van der Waals surface area contributed by atoms with Gasteiger partial charge in [0, 0.05) is 86.2 Å². The van der Waals surface area contributed by atoms with Gasteiger partial charge in [-0.05, 0) is 173 Å². The Labute approximate surface area is 661 Å². The number of para-hydroxylation sites is 5. The Balaban J connectivity index is 0.0000000966. The van der Waals surface area contributed by atoms with Gasteiger partial charge in [0.1, 0.15) is 91.0 Å². The van der Waals surface area contributed by atoms with Gasteiger partial charge < -0.3 is 17.7 Å². The Bertz CT molecular complexity index is 7990. The van der Waals surface area contributed by atoms with Crippen LogP contribution < -0.4 is 0 Å². The predicted molar refractivity (Wildman–Crippen MR) is 463 cm³/mol. The minimum Gasteiger partial charge on any atom is -0.454 e. The van der Waals surface area contributed by atoms with E-state index in [1.807, 2.05) is 128 Å². The Morgan fingerprint density at radius 3 is 0.948 bits per heavy atom. The zero-order valence-electron chi connectivity index (χ0n) is 65.6. The monoisotopic (exact) mass is 1510 g/mol. The molecule has 20 heteroatoms. The van der Waals surface area contributed by atoms with E-state index in [2.05, 4.69) is 251 Å². The molecule has 20 nitrogen and oxygen atoms in total. The highest BCUT2D eigenvalue weighted by Gasteiger charge is 2.27. The number of nitrogens with zero attached hydrogens (tertiary/aromatic N) is 16. The van der Waals surface area contributed by atoms with Crippen molar-refractivity contribution in [2.24, 2.45) is 0 Å². The maximum atomic E-state index is 6.37. The topological polar surface area (TPSA) is 227 Å². The number of rotatable bonds is 4. The zero-order chi connectivity index (χ0) is 78.8. The van der Waals surface area contributed by atoms with Gasteiger partial charge in [-0.15, -0.1) is 0 Å². The molecule has 0 atom stereocenters. The normalized spacial score (nSPS) is 12.0. The van der Waals surface area contributed by atoms with Crippen molar-refractivity contribution < 1.29 is 17.7 Å². The summed E-state index contributed by atoms with van der Waals surface area (Å²) in [7, 11) is 0. The standard InChI is InChI=1S/4C24H18N4O/c1-13-7-6-9-19-21(13)18-12-11-17-16-8-4-5-10-20(16)29-23(17)22(18)28(19)24-26-14(2)25-15(3)27-24;1-13-7-6-9-17-18-11-12-19-16-8-4-5-10-20(16)29-23(19)22(18)28(21(13)17)24-26-14(2)25-15(3)27-24;1-13-8-11-20-19(12-13)17-9-10-18-16-6-4-5-7-21(16)29-23(18)22(17)28(20)24-26-14(2)25-15(3)27-24;1-13-8-9-16-18-10-11-19-17-6-4-5-7-21(17)29-23(19)22(18)28(20(16)12-13)24-26-14(2)25-15(3)27-24/h4*4-12H,1-3H3. The Hall–Kier alpha value is -14.9. The van der Waals surface area contributed by atoms with Crippen LogP contribution >= 0.6 is 0 Å². The first-order valence-corrected chi connectivity index (χ1v) is 38.6. The van der Waals surface area contributed by atoms with Crippen LogP contribution in [0.4, 0.5) is 0 Å². The van der Waals surface area contributed by atoms with Gasteiger partial charge in [-0.25, -0.2) is 19.9 Å². The molecule has 12 aromatic carbocycles. The molecule has 0 aliphatic carbocycles. The molecule has 560 valence electrons. The summed E-state index contributed by atoms with van der Waals surface area (Å²) >= 11 is 0. The molecular weight excluding hydrogens is 1440 g/mol. The van der Waals surface area contributed by atoms with Crippen LogP contribution in [0, 0.1) is 83.1 Å². The number of benzene rings is 12. The zero-order valence-corrected chi connectivity index (χ0v) is 65.6. The van der Waals surface area contributed by atoms with Gasteiger partial charge in [0.2, 0.25) is 23.8 Å². The van der Waals surface area contributed by atoms with Crippen LogP contribution in [0.5, 0.6) is 0 Å². The third-order valence-electron chi connectivity index (χ3n) is 22.0. The summed E-state index contributed by atoms with van der Waals surface area (Å²) in [6.07, 6.45) is 0. The summed E-state index contributed by atoms with van der Waals surface area (Å²) < 4.78 is 33.9. The van der Waals surface area contributed by atoms with Crippen LogP contribution in [0.2, 0.25) is 0 Å². The molecule has 0 fully saturated rings. The van der Waals surface area contributed by atoms with Crippen molar-refractivity contribution in [1.29, 1.82) is 0 Å². The van der Waals surface area contributed by atoms with Crippen LogP contribution in [0.3, 0.4) is 0 Å². The average molecular weight is 1510 g/mol. The molecule has 0 amide bonds. The van der Waals surface area contributed by atoms with Gasteiger partial charge in [0.15, 0.2) is 22.3 Å². The van der Waals surface area contributed by atoms with Crippen LogP contribution in [0.25, 0.3) is 199 Å². The van der Waals surface area contributed by atoms with Crippen molar-refractivity contribution in [1.82, 2.24) is 78.1 Å². The van der Waals surface area contributed by atoms with Gasteiger partial charge >= 0.3 is 0 Å². The summed E-state index contributed by atoms with van der Waals surface area (Å²) in [4.78, 5) is 54.8. The number of hydrogen-bond acceptors (Lipinski definition) is 16. The molecule has 0 saturated heterocycles. The van der Waals surface area contributed by atoms with Crippen molar-refractivity contribution in [2.45, 2.75) is 83.1 Å².